The summed E-state index contributed by atoms with van der Waals surface area (Å²) in [6, 6.07) is 5.74. The molecular formula is C13H22N2O. The topological polar surface area (TPSA) is 34.1 Å². The third-order valence-corrected chi connectivity index (χ3v) is 3.00. The van der Waals surface area contributed by atoms with Crippen molar-refractivity contribution in [2.45, 2.75) is 27.7 Å². The second kappa shape index (κ2) is 5.19. The SMILES string of the molecule is COc1cccc(NCC(C)C(C)(C)C)n1. The summed E-state index contributed by atoms with van der Waals surface area (Å²) in [5, 5.41) is 3.33. The van der Waals surface area contributed by atoms with Gasteiger partial charge in [0.2, 0.25) is 5.88 Å². The van der Waals surface area contributed by atoms with Gasteiger partial charge in [-0.05, 0) is 17.4 Å². The standard InChI is InChI=1S/C13H22N2O/c1-10(13(2,3)4)9-14-11-7-6-8-12(15-11)16-5/h6-8,10H,9H2,1-5H3,(H,14,15). The van der Waals surface area contributed by atoms with Crippen molar-refractivity contribution in [2.24, 2.45) is 11.3 Å². The molecule has 90 valence electrons. The summed E-state index contributed by atoms with van der Waals surface area (Å²) >= 11 is 0. The average Bonchev–Trinajstić information content (AvgIpc) is 2.25. The van der Waals surface area contributed by atoms with Gasteiger partial charge in [-0.15, -0.1) is 0 Å². The smallest absolute Gasteiger partial charge is 0.214 e. The minimum Gasteiger partial charge on any atom is -0.481 e. The van der Waals surface area contributed by atoms with Crippen LogP contribution < -0.4 is 10.1 Å². The van der Waals surface area contributed by atoms with Crippen molar-refractivity contribution in [1.82, 2.24) is 4.98 Å². The maximum absolute atomic E-state index is 5.08. The molecule has 1 atom stereocenters. The van der Waals surface area contributed by atoms with Gasteiger partial charge >= 0.3 is 0 Å². The molecule has 1 aromatic rings. The maximum atomic E-state index is 5.08. The van der Waals surface area contributed by atoms with Crippen LogP contribution in [0.4, 0.5) is 5.82 Å². The van der Waals surface area contributed by atoms with E-state index < -0.39 is 0 Å². The largest absolute Gasteiger partial charge is 0.481 e. The maximum Gasteiger partial charge on any atom is 0.214 e. The minimum absolute atomic E-state index is 0.311. The summed E-state index contributed by atoms with van der Waals surface area (Å²) in [6.07, 6.45) is 0. The highest BCUT2D eigenvalue weighted by Gasteiger charge is 2.19. The van der Waals surface area contributed by atoms with Gasteiger partial charge in [-0.25, -0.2) is 0 Å². The zero-order chi connectivity index (χ0) is 12.2. The number of anilines is 1. The van der Waals surface area contributed by atoms with E-state index in [0.29, 0.717) is 17.2 Å². The predicted octanol–water partition coefficient (Wildman–Crippen LogP) is 3.18. The summed E-state index contributed by atoms with van der Waals surface area (Å²) in [5.41, 5.74) is 0.311. The lowest BCUT2D eigenvalue weighted by Gasteiger charge is -2.27. The van der Waals surface area contributed by atoms with E-state index >= 15 is 0 Å². The van der Waals surface area contributed by atoms with Crippen molar-refractivity contribution < 1.29 is 4.74 Å². The van der Waals surface area contributed by atoms with E-state index in [9.17, 15) is 0 Å². The minimum atomic E-state index is 0.311. The molecule has 3 nitrogen and oxygen atoms in total. The molecule has 0 aliphatic carbocycles. The summed E-state index contributed by atoms with van der Waals surface area (Å²) < 4.78 is 5.08. The Morgan fingerprint density at radius 2 is 2.06 bits per heavy atom. The molecule has 0 saturated carbocycles. The van der Waals surface area contributed by atoms with E-state index in [4.69, 9.17) is 4.74 Å². The average molecular weight is 222 g/mol. The zero-order valence-corrected chi connectivity index (χ0v) is 10.9. The Morgan fingerprint density at radius 1 is 1.38 bits per heavy atom. The summed E-state index contributed by atoms with van der Waals surface area (Å²) in [4.78, 5) is 4.31. The van der Waals surface area contributed by atoms with Crippen molar-refractivity contribution in [2.75, 3.05) is 19.0 Å². The van der Waals surface area contributed by atoms with Crippen LogP contribution in [0, 0.1) is 11.3 Å². The van der Waals surface area contributed by atoms with E-state index in [2.05, 4.69) is 38.0 Å². The third kappa shape index (κ3) is 3.72. The van der Waals surface area contributed by atoms with E-state index in [1.54, 1.807) is 7.11 Å². The number of ether oxygens (including phenoxy) is 1. The number of aromatic nitrogens is 1. The van der Waals surface area contributed by atoms with Crippen LogP contribution in [0.15, 0.2) is 18.2 Å². The van der Waals surface area contributed by atoms with Crippen LogP contribution in [0.2, 0.25) is 0 Å². The highest BCUT2D eigenvalue weighted by Crippen LogP contribution is 2.25. The van der Waals surface area contributed by atoms with Gasteiger partial charge in [0.25, 0.3) is 0 Å². The lowest BCUT2D eigenvalue weighted by atomic mass is 9.82. The molecule has 0 aliphatic rings. The van der Waals surface area contributed by atoms with E-state index in [1.807, 2.05) is 18.2 Å². The molecule has 0 spiro atoms. The number of hydrogen-bond donors (Lipinski definition) is 1. The number of methoxy groups -OCH3 is 1. The van der Waals surface area contributed by atoms with Crippen molar-refractivity contribution in [1.29, 1.82) is 0 Å². The molecule has 0 aliphatic heterocycles. The van der Waals surface area contributed by atoms with Gasteiger partial charge in [0, 0.05) is 12.6 Å². The fourth-order valence-corrected chi connectivity index (χ4v) is 1.19. The van der Waals surface area contributed by atoms with Gasteiger partial charge in [-0.2, -0.15) is 4.98 Å². The normalized spacial score (nSPS) is 13.3. The highest BCUT2D eigenvalue weighted by molar-refractivity contribution is 5.37. The molecule has 1 N–H and O–H groups in total. The highest BCUT2D eigenvalue weighted by atomic mass is 16.5. The molecule has 16 heavy (non-hydrogen) atoms. The first-order valence-electron chi connectivity index (χ1n) is 5.68. The van der Waals surface area contributed by atoms with Crippen LogP contribution in [0.3, 0.4) is 0 Å². The summed E-state index contributed by atoms with van der Waals surface area (Å²) in [6.45, 7) is 9.91. The van der Waals surface area contributed by atoms with Crippen molar-refractivity contribution in [3.63, 3.8) is 0 Å². The molecule has 1 heterocycles. The molecule has 1 aromatic heterocycles. The fraction of sp³-hybridized carbons (Fsp3) is 0.615. The first kappa shape index (κ1) is 12.8. The number of nitrogens with zero attached hydrogens (tertiary/aromatic N) is 1. The van der Waals surface area contributed by atoms with Gasteiger partial charge < -0.3 is 10.1 Å². The van der Waals surface area contributed by atoms with E-state index in [0.717, 1.165) is 12.4 Å². The van der Waals surface area contributed by atoms with Crippen LogP contribution in [0.5, 0.6) is 5.88 Å². The van der Waals surface area contributed by atoms with Crippen LogP contribution in [-0.4, -0.2) is 18.6 Å². The van der Waals surface area contributed by atoms with Crippen molar-refractivity contribution in [3.8, 4) is 5.88 Å². The third-order valence-electron chi connectivity index (χ3n) is 3.00. The first-order valence-corrected chi connectivity index (χ1v) is 5.68. The van der Waals surface area contributed by atoms with Gasteiger partial charge in [0.15, 0.2) is 0 Å². The Morgan fingerprint density at radius 3 is 2.62 bits per heavy atom. The molecule has 0 bridgehead atoms. The Hall–Kier alpha value is -1.25. The quantitative estimate of drug-likeness (QED) is 0.849. The van der Waals surface area contributed by atoms with Crippen LogP contribution in [0.1, 0.15) is 27.7 Å². The summed E-state index contributed by atoms with van der Waals surface area (Å²) in [7, 11) is 1.63. The Balaban J connectivity index is 2.54. The van der Waals surface area contributed by atoms with E-state index in [-0.39, 0.29) is 0 Å². The Kier molecular flexibility index (Phi) is 4.16. The van der Waals surface area contributed by atoms with Gasteiger partial charge in [0.1, 0.15) is 5.82 Å². The number of nitrogens with one attached hydrogen (secondary N) is 1. The summed E-state index contributed by atoms with van der Waals surface area (Å²) in [5.74, 6) is 2.10. The van der Waals surface area contributed by atoms with Gasteiger partial charge in [-0.3, -0.25) is 0 Å². The molecule has 0 radical (unpaired) electrons. The molecule has 0 saturated heterocycles. The molecular weight excluding hydrogens is 200 g/mol. The Labute approximate surface area is 98.2 Å². The van der Waals surface area contributed by atoms with Gasteiger partial charge in [0.05, 0.1) is 7.11 Å². The van der Waals surface area contributed by atoms with E-state index in [1.165, 1.54) is 0 Å². The number of rotatable bonds is 4. The lowest BCUT2D eigenvalue weighted by molar-refractivity contribution is 0.274. The van der Waals surface area contributed by atoms with Crippen LogP contribution in [-0.2, 0) is 0 Å². The molecule has 1 unspecified atom stereocenters. The predicted molar refractivity (Wildman–Crippen MR) is 67.9 cm³/mol. The van der Waals surface area contributed by atoms with Crippen molar-refractivity contribution in [3.05, 3.63) is 18.2 Å². The van der Waals surface area contributed by atoms with Gasteiger partial charge in [-0.1, -0.05) is 33.8 Å². The van der Waals surface area contributed by atoms with Crippen molar-refractivity contribution >= 4 is 5.82 Å². The zero-order valence-electron chi connectivity index (χ0n) is 10.9. The van der Waals surface area contributed by atoms with Crippen LogP contribution >= 0.6 is 0 Å². The molecule has 0 amide bonds. The lowest BCUT2D eigenvalue weighted by Crippen LogP contribution is -2.25. The first-order chi connectivity index (χ1) is 7.43. The molecule has 0 aromatic carbocycles. The monoisotopic (exact) mass is 222 g/mol. The molecule has 1 rings (SSSR count). The van der Waals surface area contributed by atoms with Crippen LogP contribution in [0.25, 0.3) is 0 Å². The Bertz CT molecular complexity index is 331. The molecule has 3 heteroatoms. The number of pyridine rings is 1. The fourth-order valence-electron chi connectivity index (χ4n) is 1.19. The number of hydrogen-bond acceptors (Lipinski definition) is 3. The molecule has 0 fully saturated rings. The second-order valence-corrected chi connectivity index (χ2v) is 5.21. The second-order valence-electron chi connectivity index (χ2n) is 5.21.